The zero-order valence-corrected chi connectivity index (χ0v) is 15.4. The molecule has 0 aromatic heterocycles. The molecule has 0 aromatic rings. The summed E-state index contributed by atoms with van der Waals surface area (Å²) < 4.78 is 0. The molecule has 0 saturated heterocycles. The first-order chi connectivity index (χ1) is 11.7. The van der Waals surface area contributed by atoms with Crippen LogP contribution in [-0.2, 0) is 4.79 Å². The molecule has 0 spiro atoms. The third-order valence-electron chi connectivity index (χ3n) is 8.72. The van der Waals surface area contributed by atoms with Gasteiger partial charge in [-0.3, -0.25) is 4.79 Å². The number of rotatable bonds is 2. The van der Waals surface area contributed by atoms with Crippen molar-refractivity contribution in [2.45, 2.75) is 76.9 Å². The molecule has 0 bridgehead atoms. The van der Waals surface area contributed by atoms with E-state index in [1.807, 2.05) is 0 Å². The number of aliphatic hydroxyl groups excluding tert-OH is 1. The number of aliphatic hydroxyl groups is 2. The van der Waals surface area contributed by atoms with E-state index in [-0.39, 0.29) is 23.4 Å². The number of hydrogen-bond donors (Lipinski definition) is 3. The van der Waals surface area contributed by atoms with Crippen LogP contribution in [0.15, 0.2) is 12.2 Å². The number of carboxylic acid groups (broad SMARTS) is 1. The molecule has 8 atom stereocenters. The number of allylic oxidation sites excluding steroid dienone is 1. The van der Waals surface area contributed by atoms with Gasteiger partial charge < -0.3 is 15.3 Å². The maximum atomic E-state index is 11.1. The average molecular weight is 348 g/mol. The highest BCUT2D eigenvalue weighted by atomic mass is 16.4. The van der Waals surface area contributed by atoms with E-state index >= 15 is 0 Å². The molecule has 25 heavy (non-hydrogen) atoms. The highest BCUT2D eigenvalue weighted by Gasteiger charge is 2.60. The summed E-state index contributed by atoms with van der Waals surface area (Å²) in [7, 11) is 0. The number of carbonyl (C=O) groups is 1. The SMILES string of the molecule is C[C@]12C=CC(O)(CC(=O)O)CC1CC[C@@H]1[C@H]2CC[C@]2(C)C(O)CC[C@@H]12. The minimum atomic E-state index is -1.18. The summed E-state index contributed by atoms with van der Waals surface area (Å²) in [5.74, 6) is 1.30. The normalized spacial score (nSPS) is 54.5. The van der Waals surface area contributed by atoms with Gasteiger partial charge in [0.1, 0.15) is 0 Å². The summed E-state index contributed by atoms with van der Waals surface area (Å²) in [6, 6.07) is 0. The fourth-order valence-electron chi connectivity index (χ4n) is 7.25. The van der Waals surface area contributed by atoms with Crippen LogP contribution in [0.3, 0.4) is 0 Å². The van der Waals surface area contributed by atoms with Crippen molar-refractivity contribution < 1.29 is 20.1 Å². The maximum Gasteiger partial charge on any atom is 0.306 e. The van der Waals surface area contributed by atoms with Crippen LogP contribution in [-0.4, -0.2) is 33.0 Å². The van der Waals surface area contributed by atoms with E-state index in [9.17, 15) is 15.0 Å². The van der Waals surface area contributed by atoms with Gasteiger partial charge in [0.2, 0.25) is 0 Å². The Hall–Kier alpha value is -0.870. The molecule has 3 fully saturated rings. The molecule has 4 nitrogen and oxygen atoms in total. The lowest BCUT2D eigenvalue weighted by atomic mass is 9.45. The van der Waals surface area contributed by atoms with Crippen LogP contribution < -0.4 is 0 Å². The fraction of sp³-hybridized carbons (Fsp3) is 0.857. The van der Waals surface area contributed by atoms with Gasteiger partial charge in [0.25, 0.3) is 0 Å². The smallest absolute Gasteiger partial charge is 0.306 e. The summed E-state index contributed by atoms with van der Waals surface area (Å²) in [5.41, 5.74) is -1.04. The van der Waals surface area contributed by atoms with E-state index in [0.29, 0.717) is 30.1 Å². The van der Waals surface area contributed by atoms with Gasteiger partial charge in [0.05, 0.1) is 18.1 Å². The Bertz CT molecular complexity index is 601. The summed E-state index contributed by atoms with van der Waals surface area (Å²) in [6.45, 7) is 4.63. The molecule has 3 unspecified atom stereocenters. The van der Waals surface area contributed by atoms with E-state index in [1.54, 1.807) is 6.08 Å². The number of fused-ring (bicyclic) bond motifs is 5. The minimum Gasteiger partial charge on any atom is -0.481 e. The van der Waals surface area contributed by atoms with Gasteiger partial charge >= 0.3 is 5.97 Å². The van der Waals surface area contributed by atoms with Crippen LogP contribution in [0.5, 0.6) is 0 Å². The second kappa shape index (κ2) is 5.56. The maximum absolute atomic E-state index is 11.1. The van der Waals surface area contributed by atoms with Crippen molar-refractivity contribution in [2.24, 2.45) is 34.5 Å². The third kappa shape index (κ3) is 2.51. The van der Waals surface area contributed by atoms with E-state index in [0.717, 1.165) is 38.5 Å². The van der Waals surface area contributed by atoms with Crippen molar-refractivity contribution in [3.63, 3.8) is 0 Å². The summed E-state index contributed by atoms with van der Waals surface area (Å²) in [4.78, 5) is 11.1. The molecule has 140 valence electrons. The van der Waals surface area contributed by atoms with E-state index in [2.05, 4.69) is 19.9 Å². The Labute approximate surface area is 150 Å². The lowest BCUT2D eigenvalue weighted by Gasteiger charge is -2.59. The fourth-order valence-corrected chi connectivity index (χ4v) is 7.25. The van der Waals surface area contributed by atoms with Crippen molar-refractivity contribution in [3.8, 4) is 0 Å². The quantitative estimate of drug-likeness (QED) is 0.669. The molecule has 3 saturated carbocycles. The van der Waals surface area contributed by atoms with Gasteiger partial charge in [-0.1, -0.05) is 26.0 Å². The molecule has 0 amide bonds. The monoisotopic (exact) mass is 348 g/mol. The number of carboxylic acids is 1. The highest BCUT2D eigenvalue weighted by Crippen LogP contribution is 2.65. The Kier molecular flexibility index (Phi) is 3.90. The van der Waals surface area contributed by atoms with Crippen molar-refractivity contribution in [2.75, 3.05) is 0 Å². The minimum absolute atomic E-state index is 0.0581. The summed E-state index contributed by atoms with van der Waals surface area (Å²) >= 11 is 0. The molecule has 0 radical (unpaired) electrons. The van der Waals surface area contributed by atoms with Gasteiger partial charge in [0.15, 0.2) is 0 Å². The molecule has 4 heteroatoms. The van der Waals surface area contributed by atoms with Gasteiger partial charge in [-0.05, 0) is 79.4 Å². The van der Waals surface area contributed by atoms with Crippen molar-refractivity contribution in [1.82, 2.24) is 0 Å². The van der Waals surface area contributed by atoms with Crippen LogP contribution in [0.4, 0.5) is 0 Å². The molecule has 0 heterocycles. The Morgan fingerprint density at radius 3 is 2.56 bits per heavy atom. The third-order valence-corrected chi connectivity index (χ3v) is 8.72. The molecule has 0 aromatic carbocycles. The molecule has 4 aliphatic carbocycles. The number of aliphatic carboxylic acids is 1. The molecular weight excluding hydrogens is 316 g/mol. The molecule has 4 aliphatic rings. The lowest BCUT2D eigenvalue weighted by molar-refractivity contribution is -0.144. The zero-order valence-electron chi connectivity index (χ0n) is 15.4. The second-order valence-corrected chi connectivity index (χ2v) is 9.87. The van der Waals surface area contributed by atoms with Crippen LogP contribution in [0.1, 0.15) is 65.2 Å². The molecule has 3 N–H and O–H groups in total. The van der Waals surface area contributed by atoms with Crippen LogP contribution >= 0.6 is 0 Å². The molecule has 4 rings (SSSR count). The van der Waals surface area contributed by atoms with E-state index in [4.69, 9.17) is 5.11 Å². The molecular formula is C21H32O4. The zero-order chi connectivity index (χ0) is 18.0. The molecule has 0 aliphatic heterocycles. The van der Waals surface area contributed by atoms with Gasteiger partial charge in [-0.2, -0.15) is 0 Å². The lowest BCUT2D eigenvalue weighted by Crippen LogP contribution is -2.54. The first-order valence-electron chi connectivity index (χ1n) is 10.0. The van der Waals surface area contributed by atoms with Gasteiger partial charge in [0, 0.05) is 0 Å². The summed E-state index contributed by atoms with van der Waals surface area (Å²) in [5, 5.41) is 30.4. The standard InChI is InChI=1S/C21H32O4/c1-19-9-10-21(25,12-18(23)24)11-13(19)3-4-14-15-5-6-17(22)20(15,2)8-7-16(14)19/h9-10,13-17,22,25H,3-8,11-12H2,1-2H3,(H,23,24)/t13?,14-,15-,16+,17?,19-,20-,21?/m0/s1. The van der Waals surface area contributed by atoms with Crippen molar-refractivity contribution in [1.29, 1.82) is 0 Å². The Balaban J connectivity index is 1.62. The second-order valence-electron chi connectivity index (χ2n) is 9.87. The highest BCUT2D eigenvalue weighted by molar-refractivity contribution is 5.68. The van der Waals surface area contributed by atoms with Crippen molar-refractivity contribution in [3.05, 3.63) is 12.2 Å². The van der Waals surface area contributed by atoms with Crippen LogP contribution in [0.25, 0.3) is 0 Å². The van der Waals surface area contributed by atoms with Gasteiger partial charge in [-0.15, -0.1) is 0 Å². The Morgan fingerprint density at radius 1 is 1.08 bits per heavy atom. The predicted molar refractivity (Wildman–Crippen MR) is 94.8 cm³/mol. The van der Waals surface area contributed by atoms with Crippen LogP contribution in [0, 0.1) is 34.5 Å². The van der Waals surface area contributed by atoms with Gasteiger partial charge in [-0.25, -0.2) is 0 Å². The van der Waals surface area contributed by atoms with E-state index < -0.39 is 11.6 Å². The Morgan fingerprint density at radius 2 is 1.84 bits per heavy atom. The first-order valence-corrected chi connectivity index (χ1v) is 10.0. The summed E-state index contributed by atoms with van der Waals surface area (Å²) in [6.07, 6.45) is 10.7. The van der Waals surface area contributed by atoms with Crippen molar-refractivity contribution >= 4 is 5.97 Å². The van der Waals surface area contributed by atoms with Crippen LogP contribution in [0.2, 0.25) is 0 Å². The average Bonchev–Trinajstić information content (AvgIpc) is 2.83. The topological polar surface area (TPSA) is 77.8 Å². The predicted octanol–water partition coefficient (Wildman–Crippen LogP) is 3.37. The number of hydrogen-bond acceptors (Lipinski definition) is 3. The first kappa shape index (κ1) is 17.5. The largest absolute Gasteiger partial charge is 0.481 e. The van der Waals surface area contributed by atoms with E-state index in [1.165, 1.54) is 0 Å².